The van der Waals surface area contributed by atoms with E-state index in [1.54, 1.807) is 0 Å². The summed E-state index contributed by atoms with van der Waals surface area (Å²) < 4.78 is 11.3. The highest BCUT2D eigenvalue weighted by Crippen LogP contribution is 2.26. The average molecular weight is 306 g/mol. The molecule has 1 aliphatic heterocycles. The molecule has 0 aromatic carbocycles. The van der Waals surface area contributed by atoms with Crippen molar-refractivity contribution < 1.29 is 13.9 Å². The number of ether oxygens (including phenoxy) is 1. The van der Waals surface area contributed by atoms with E-state index in [4.69, 9.17) is 9.15 Å². The number of morpholine rings is 1. The fraction of sp³-hybridized carbons (Fsp3) is 0.706. The maximum absolute atomic E-state index is 12.3. The molecule has 1 saturated heterocycles. The van der Waals surface area contributed by atoms with Crippen LogP contribution in [0.3, 0.4) is 0 Å². The van der Waals surface area contributed by atoms with Crippen LogP contribution in [-0.4, -0.2) is 43.7 Å². The number of furan rings is 1. The molecule has 1 aliphatic carbocycles. The van der Waals surface area contributed by atoms with Gasteiger partial charge in [-0.2, -0.15) is 0 Å². The quantitative estimate of drug-likeness (QED) is 0.906. The molecule has 5 heteroatoms. The van der Waals surface area contributed by atoms with Gasteiger partial charge in [-0.05, 0) is 31.9 Å². The number of aryl methyl sites for hydroxylation is 1. The summed E-state index contributed by atoms with van der Waals surface area (Å²) in [6.45, 7) is 5.81. The molecule has 2 fully saturated rings. The van der Waals surface area contributed by atoms with Crippen LogP contribution >= 0.6 is 0 Å². The van der Waals surface area contributed by atoms with Gasteiger partial charge in [0.05, 0.1) is 19.3 Å². The third-order valence-corrected chi connectivity index (χ3v) is 4.77. The molecular weight excluding hydrogens is 280 g/mol. The molecule has 0 unspecified atom stereocenters. The fourth-order valence-corrected chi connectivity index (χ4v) is 3.46. The van der Waals surface area contributed by atoms with Gasteiger partial charge in [-0.1, -0.05) is 12.8 Å². The van der Waals surface area contributed by atoms with Crippen LogP contribution in [0.25, 0.3) is 0 Å². The van der Waals surface area contributed by atoms with E-state index in [9.17, 15) is 4.79 Å². The van der Waals surface area contributed by atoms with Gasteiger partial charge in [0.1, 0.15) is 11.5 Å². The van der Waals surface area contributed by atoms with Crippen molar-refractivity contribution in [2.45, 2.75) is 38.6 Å². The number of carbonyl (C=O) groups excluding carboxylic acids is 1. The number of hydrogen-bond acceptors (Lipinski definition) is 4. The van der Waals surface area contributed by atoms with Gasteiger partial charge in [-0.15, -0.1) is 0 Å². The monoisotopic (exact) mass is 306 g/mol. The summed E-state index contributed by atoms with van der Waals surface area (Å²) in [7, 11) is 0. The lowest BCUT2D eigenvalue weighted by Gasteiger charge is -2.33. The second-order valence-electron chi connectivity index (χ2n) is 6.34. The second-order valence-corrected chi connectivity index (χ2v) is 6.34. The Balaban J connectivity index is 1.63. The predicted octanol–water partition coefficient (Wildman–Crippen LogP) is 2.27. The summed E-state index contributed by atoms with van der Waals surface area (Å²) in [4.78, 5) is 14.6. The molecule has 1 N–H and O–H groups in total. The van der Waals surface area contributed by atoms with Crippen molar-refractivity contribution in [3.8, 4) is 0 Å². The third kappa shape index (κ3) is 3.70. The molecule has 3 rings (SSSR count). The molecule has 22 heavy (non-hydrogen) atoms. The Labute approximate surface area is 132 Å². The molecule has 0 spiro atoms. The zero-order valence-corrected chi connectivity index (χ0v) is 13.3. The average Bonchev–Trinajstić information content (AvgIpc) is 3.20. The Morgan fingerprint density at radius 3 is 2.68 bits per heavy atom. The summed E-state index contributed by atoms with van der Waals surface area (Å²) in [6.07, 6.45) is 4.44. The lowest BCUT2D eigenvalue weighted by Crippen LogP contribution is -2.44. The Bertz CT molecular complexity index is 488. The molecule has 5 nitrogen and oxygen atoms in total. The zero-order chi connectivity index (χ0) is 15.4. The first-order valence-electron chi connectivity index (χ1n) is 8.40. The number of amides is 1. The Morgan fingerprint density at radius 1 is 1.32 bits per heavy atom. The van der Waals surface area contributed by atoms with Gasteiger partial charge in [-0.25, -0.2) is 0 Å². The van der Waals surface area contributed by atoms with Gasteiger partial charge >= 0.3 is 0 Å². The molecule has 0 radical (unpaired) electrons. The normalized spacial score (nSPS) is 21.9. The summed E-state index contributed by atoms with van der Waals surface area (Å²) in [5.41, 5.74) is 0. The van der Waals surface area contributed by atoms with Crippen molar-refractivity contribution in [1.82, 2.24) is 10.2 Å². The maximum Gasteiger partial charge on any atom is 0.223 e. The molecule has 1 aromatic rings. The Morgan fingerprint density at radius 2 is 2.05 bits per heavy atom. The van der Waals surface area contributed by atoms with Crippen LogP contribution in [0.5, 0.6) is 0 Å². The van der Waals surface area contributed by atoms with Crippen LogP contribution in [0.1, 0.15) is 43.2 Å². The topological polar surface area (TPSA) is 54.7 Å². The van der Waals surface area contributed by atoms with E-state index in [2.05, 4.69) is 10.2 Å². The van der Waals surface area contributed by atoms with E-state index in [0.717, 1.165) is 50.7 Å². The molecule has 1 saturated carbocycles. The first-order chi connectivity index (χ1) is 10.7. The van der Waals surface area contributed by atoms with Crippen LogP contribution < -0.4 is 5.32 Å². The molecule has 1 atom stereocenters. The van der Waals surface area contributed by atoms with Crippen molar-refractivity contribution >= 4 is 5.91 Å². The summed E-state index contributed by atoms with van der Waals surface area (Å²) in [5.74, 6) is 2.27. The van der Waals surface area contributed by atoms with Crippen LogP contribution in [0.2, 0.25) is 0 Å². The first kappa shape index (κ1) is 15.6. The predicted molar refractivity (Wildman–Crippen MR) is 83.5 cm³/mol. The highest BCUT2D eigenvalue weighted by Gasteiger charge is 2.28. The van der Waals surface area contributed by atoms with E-state index in [0.29, 0.717) is 6.54 Å². The molecule has 122 valence electrons. The Hall–Kier alpha value is -1.33. The molecular formula is C17H26N2O3. The summed E-state index contributed by atoms with van der Waals surface area (Å²) >= 11 is 0. The van der Waals surface area contributed by atoms with Gasteiger partial charge in [0, 0.05) is 25.6 Å². The smallest absolute Gasteiger partial charge is 0.223 e. The van der Waals surface area contributed by atoms with E-state index in [1.807, 2.05) is 19.1 Å². The van der Waals surface area contributed by atoms with Gasteiger partial charge in [0.15, 0.2) is 0 Å². The van der Waals surface area contributed by atoms with Crippen LogP contribution in [-0.2, 0) is 9.53 Å². The minimum absolute atomic E-state index is 0.1000. The van der Waals surface area contributed by atoms with Gasteiger partial charge < -0.3 is 14.5 Å². The highest BCUT2D eigenvalue weighted by atomic mass is 16.5. The second kappa shape index (κ2) is 7.29. The number of nitrogens with zero attached hydrogens (tertiary/aromatic N) is 1. The molecule has 2 heterocycles. The van der Waals surface area contributed by atoms with E-state index in [-0.39, 0.29) is 17.9 Å². The van der Waals surface area contributed by atoms with Crippen molar-refractivity contribution in [2.75, 3.05) is 32.8 Å². The zero-order valence-electron chi connectivity index (χ0n) is 13.3. The minimum Gasteiger partial charge on any atom is -0.465 e. The van der Waals surface area contributed by atoms with Crippen molar-refractivity contribution in [3.05, 3.63) is 23.7 Å². The van der Waals surface area contributed by atoms with Gasteiger partial charge in [0.2, 0.25) is 5.91 Å². The maximum atomic E-state index is 12.3. The van der Waals surface area contributed by atoms with Crippen molar-refractivity contribution in [1.29, 1.82) is 0 Å². The number of nitrogens with one attached hydrogen (secondary N) is 1. The van der Waals surface area contributed by atoms with Gasteiger partial charge in [-0.3, -0.25) is 9.69 Å². The van der Waals surface area contributed by atoms with E-state index in [1.165, 1.54) is 12.8 Å². The largest absolute Gasteiger partial charge is 0.465 e. The van der Waals surface area contributed by atoms with Crippen molar-refractivity contribution in [2.24, 2.45) is 5.92 Å². The van der Waals surface area contributed by atoms with Crippen LogP contribution in [0, 0.1) is 12.8 Å². The van der Waals surface area contributed by atoms with Gasteiger partial charge in [0.25, 0.3) is 0 Å². The summed E-state index contributed by atoms with van der Waals surface area (Å²) in [5, 5.41) is 3.15. The SMILES string of the molecule is Cc1ccc([C@H](CNC(=O)C2CCCC2)N2CCOCC2)o1. The molecule has 2 aliphatic rings. The Kier molecular flexibility index (Phi) is 5.16. The lowest BCUT2D eigenvalue weighted by molar-refractivity contribution is -0.125. The van der Waals surface area contributed by atoms with Crippen molar-refractivity contribution in [3.63, 3.8) is 0 Å². The number of hydrogen-bond donors (Lipinski definition) is 1. The van der Waals surface area contributed by atoms with E-state index >= 15 is 0 Å². The molecule has 0 bridgehead atoms. The summed E-state index contributed by atoms with van der Waals surface area (Å²) in [6, 6.07) is 4.11. The van der Waals surface area contributed by atoms with Crippen LogP contribution in [0.15, 0.2) is 16.5 Å². The molecule has 1 amide bonds. The molecule has 1 aromatic heterocycles. The van der Waals surface area contributed by atoms with E-state index < -0.39 is 0 Å². The fourth-order valence-electron chi connectivity index (χ4n) is 3.46. The highest BCUT2D eigenvalue weighted by molar-refractivity contribution is 5.78. The third-order valence-electron chi connectivity index (χ3n) is 4.77. The number of carbonyl (C=O) groups is 1. The first-order valence-corrected chi connectivity index (χ1v) is 8.40. The standard InChI is InChI=1S/C17H26N2O3/c1-13-6-7-16(22-13)15(19-8-10-21-11-9-19)12-18-17(20)14-4-2-3-5-14/h6-7,14-15H,2-5,8-12H2,1H3,(H,18,20)/t15-/m0/s1. The minimum atomic E-state index is 0.1000. The lowest BCUT2D eigenvalue weighted by atomic mass is 10.1. The van der Waals surface area contributed by atoms with Crippen LogP contribution in [0.4, 0.5) is 0 Å². The number of rotatable bonds is 5.